The first-order chi connectivity index (χ1) is 10.8. The van der Waals surface area contributed by atoms with Gasteiger partial charge in [0.2, 0.25) is 0 Å². The van der Waals surface area contributed by atoms with Crippen LogP contribution < -0.4 is 15.2 Å². The number of hydrogen-bond acceptors (Lipinski definition) is 3. The number of benzene rings is 2. The Morgan fingerprint density at radius 3 is 2.45 bits per heavy atom. The lowest BCUT2D eigenvalue weighted by Gasteiger charge is -2.18. The third-order valence-corrected chi connectivity index (χ3v) is 3.66. The molecule has 1 atom stereocenters. The minimum Gasteiger partial charge on any atom is -0.494 e. The highest BCUT2D eigenvalue weighted by Gasteiger charge is 2.14. The van der Waals surface area contributed by atoms with Crippen LogP contribution in [0.15, 0.2) is 48.5 Å². The van der Waals surface area contributed by atoms with E-state index in [2.05, 4.69) is 18.2 Å². The zero-order chi connectivity index (χ0) is 15.8. The molecule has 1 unspecified atom stereocenters. The fourth-order valence-corrected chi connectivity index (χ4v) is 2.60. The van der Waals surface area contributed by atoms with E-state index in [9.17, 15) is 0 Å². The summed E-state index contributed by atoms with van der Waals surface area (Å²) in [5.41, 5.74) is 8.42. The second kappa shape index (κ2) is 8.44. The molecule has 0 heterocycles. The van der Waals surface area contributed by atoms with Crippen LogP contribution in [0.4, 0.5) is 0 Å². The molecule has 2 aromatic carbocycles. The van der Waals surface area contributed by atoms with Gasteiger partial charge in [0.15, 0.2) is 0 Å². The summed E-state index contributed by atoms with van der Waals surface area (Å²) in [4.78, 5) is 0. The lowest BCUT2D eigenvalue weighted by Crippen LogP contribution is -2.15. The number of rotatable bonds is 8. The standard InChI is InChI=1S/C19H25NO2/c1-3-21-18-10-7-9-15(13-18)17(14-20)12-16-8-5-6-11-19(16)22-4-2/h5-11,13,17H,3-4,12,14,20H2,1-2H3. The summed E-state index contributed by atoms with van der Waals surface area (Å²) in [6, 6.07) is 16.4. The molecule has 0 bridgehead atoms. The zero-order valence-electron chi connectivity index (χ0n) is 13.4. The smallest absolute Gasteiger partial charge is 0.122 e. The minimum absolute atomic E-state index is 0.252. The van der Waals surface area contributed by atoms with E-state index in [4.69, 9.17) is 15.2 Å². The van der Waals surface area contributed by atoms with Gasteiger partial charge >= 0.3 is 0 Å². The Kier molecular flexibility index (Phi) is 6.28. The maximum Gasteiger partial charge on any atom is 0.122 e. The van der Waals surface area contributed by atoms with Crippen LogP contribution in [-0.4, -0.2) is 19.8 Å². The van der Waals surface area contributed by atoms with E-state index in [1.807, 2.05) is 44.2 Å². The second-order valence-electron chi connectivity index (χ2n) is 5.18. The first kappa shape index (κ1) is 16.4. The Bertz CT molecular complexity index is 583. The highest BCUT2D eigenvalue weighted by atomic mass is 16.5. The molecule has 0 saturated carbocycles. The van der Waals surface area contributed by atoms with Gasteiger partial charge in [0.1, 0.15) is 11.5 Å². The lowest BCUT2D eigenvalue weighted by molar-refractivity contribution is 0.335. The second-order valence-corrected chi connectivity index (χ2v) is 5.18. The summed E-state index contributed by atoms with van der Waals surface area (Å²) in [6.07, 6.45) is 0.863. The van der Waals surface area contributed by atoms with Gasteiger partial charge in [0.25, 0.3) is 0 Å². The first-order valence-electron chi connectivity index (χ1n) is 7.92. The van der Waals surface area contributed by atoms with Crippen molar-refractivity contribution < 1.29 is 9.47 Å². The van der Waals surface area contributed by atoms with Crippen LogP contribution in [0, 0.1) is 0 Å². The van der Waals surface area contributed by atoms with Gasteiger partial charge in [0, 0.05) is 5.92 Å². The predicted molar refractivity (Wildman–Crippen MR) is 90.7 cm³/mol. The van der Waals surface area contributed by atoms with Gasteiger partial charge in [0.05, 0.1) is 13.2 Å². The molecule has 0 radical (unpaired) electrons. The topological polar surface area (TPSA) is 44.5 Å². The van der Waals surface area contributed by atoms with Gasteiger partial charge < -0.3 is 15.2 Å². The van der Waals surface area contributed by atoms with Crippen LogP contribution in [0.2, 0.25) is 0 Å². The van der Waals surface area contributed by atoms with Crippen LogP contribution in [0.3, 0.4) is 0 Å². The molecule has 2 N–H and O–H groups in total. The highest BCUT2D eigenvalue weighted by Crippen LogP contribution is 2.28. The summed E-state index contributed by atoms with van der Waals surface area (Å²) in [7, 11) is 0. The number of para-hydroxylation sites is 1. The molecule has 3 nitrogen and oxygen atoms in total. The third-order valence-electron chi connectivity index (χ3n) is 3.66. The van der Waals surface area contributed by atoms with Crippen LogP contribution in [0.1, 0.15) is 30.9 Å². The Morgan fingerprint density at radius 1 is 0.955 bits per heavy atom. The third kappa shape index (κ3) is 4.25. The van der Waals surface area contributed by atoms with E-state index in [1.165, 1.54) is 11.1 Å². The van der Waals surface area contributed by atoms with Crippen molar-refractivity contribution in [2.45, 2.75) is 26.2 Å². The number of ether oxygens (including phenoxy) is 2. The maximum absolute atomic E-state index is 6.02. The highest BCUT2D eigenvalue weighted by molar-refractivity contribution is 5.37. The van der Waals surface area contributed by atoms with Gasteiger partial charge in [-0.05, 0) is 56.1 Å². The molecule has 0 fully saturated rings. The molecule has 118 valence electrons. The summed E-state index contributed by atoms with van der Waals surface area (Å²) in [6.45, 7) is 5.93. The van der Waals surface area contributed by atoms with Crippen molar-refractivity contribution in [3.63, 3.8) is 0 Å². The van der Waals surface area contributed by atoms with Gasteiger partial charge in [-0.3, -0.25) is 0 Å². The average molecular weight is 299 g/mol. The molecule has 0 aliphatic carbocycles. The van der Waals surface area contributed by atoms with Crippen molar-refractivity contribution in [1.82, 2.24) is 0 Å². The maximum atomic E-state index is 6.02. The first-order valence-corrected chi connectivity index (χ1v) is 7.92. The van der Waals surface area contributed by atoms with Crippen molar-refractivity contribution >= 4 is 0 Å². The van der Waals surface area contributed by atoms with Crippen molar-refractivity contribution in [2.24, 2.45) is 5.73 Å². The largest absolute Gasteiger partial charge is 0.494 e. The summed E-state index contributed by atoms with van der Waals surface area (Å²) in [5.74, 6) is 2.10. The SMILES string of the molecule is CCOc1cccc(C(CN)Cc2ccccc2OCC)c1. The molecule has 2 aromatic rings. The molecule has 0 aliphatic heterocycles. The van der Waals surface area contributed by atoms with Crippen LogP contribution >= 0.6 is 0 Å². The lowest BCUT2D eigenvalue weighted by atomic mass is 9.91. The molecule has 0 spiro atoms. The molecule has 0 amide bonds. The van der Waals surface area contributed by atoms with E-state index < -0.39 is 0 Å². The predicted octanol–water partition coefficient (Wildman–Crippen LogP) is 3.77. The molecule has 3 heteroatoms. The van der Waals surface area contributed by atoms with Crippen molar-refractivity contribution in [2.75, 3.05) is 19.8 Å². The van der Waals surface area contributed by atoms with Gasteiger partial charge in [-0.25, -0.2) is 0 Å². The van der Waals surface area contributed by atoms with Gasteiger partial charge in [-0.15, -0.1) is 0 Å². The van der Waals surface area contributed by atoms with Crippen LogP contribution in [0.5, 0.6) is 11.5 Å². The fraction of sp³-hybridized carbons (Fsp3) is 0.368. The molecular weight excluding hydrogens is 274 g/mol. The van der Waals surface area contributed by atoms with Crippen LogP contribution in [-0.2, 0) is 6.42 Å². The van der Waals surface area contributed by atoms with E-state index in [1.54, 1.807) is 0 Å². The molecule has 0 aliphatic rings. The Morgan fingerprint density at radius 2 is 1.73 bits per heavy atom. The summed E-state index contributed by atoms with van der Waals surface area (Å²) >= 11 is 0. The minimum atomic E-state index is 0.252. The zero-order valence-corrected chi connectivity index (χ0v) is 13.4. The van der Waals surface area contributed by atoms with Crippen LogP contribution in [0.25, 0.3) is 0 Å². The van der Waals surface area contributed by atoms with Gasteiger partial charge in [-0.2, -0.15) is 0 Å². The van der Waals surface area contributed by atoms with E-state index in [0.717, 1.165) is 17.9 Å². The normalized spacial score (nSPS) is 12.0. The number of hydrogen-bond donors (Lipinski definition) is 1. The van der Waals surface area contributed by atoms with E-state index in [0.29, 0.717) is 19.8 Å². The fourth-order valence-electron chi connectivity index (χ4n) is 2.60. The average Bonchev–Trinajstić information content (AvgIpc) is 2.55. The number of nitrogens with two attached hydrogens (primary N) is 1. The molecular formula is C19H25NO2. The Labute approximate surface area is 133 Å². The molecule has 0 aromatic heterocycles. The van der Waals surface area contributed by atoms with E-state index in [-0.39, 0.29) is 5.92 Å². The van der Waals surface area contributed by atoms with Crippen molar-refractivity contribution in [3.8, 4) is 11.5 Å². The monoisotopic (exact) mass is 299 g/mol. The van der Waals surface area contributed by atoms with Crippen molar-refractivity contribution in [1.29, 1.82) is 0 Å². The Balaban J connectivity index is 2.20. The van der Waals surface area contributed by atoms with E-state index >= 15 is 0 Å². The quantitative estimate of drug-likeness (QED) is 0.807. The molecule has 2 rings (SSSR count). The summed E-state index contributed by atoms with van der Waals surface area (Å²) in [5, 5.41) is 0. The summed E-state index contributed by atoms with van der Waals surface area (Å²) < 4.78 is 11.3. The molecule has 0 saturated heterocycles. The van der Waals surface area contributed by atoms with Crippen molar-refractivity contribution in [3.05, 3.63) is 59.7 Å². The van der Waals surface area contributed by atoms with Gasteiger partial charge in [-0.1, -0.05) is 30.3 Å². The Hall–Kier alpha value is -2.00. The molecule has 22 heavy (non-hydrogen) atoms.